The fourth-order valence-electron chi connectivity index (χ4n) is 1.20. The molecule has 0 rings (SSSR count). The zero-order valence-electron chi connectivity index (χ0n) is 10.9. The molecule has 6 heteroatoms. The van der Waals surface area contributed by atoms with Crippen LogP contribution in [0.25, 0.3) is 0 Å². The third-order valence-corrected chi connectivity index (χ3v) is 2.97. The molecule has 0 saturated carbocycles. The molecule has 0 radical (unpaired) electrons. The minimum atomic E-state index is -1.04. The van der Waals surface area contributed by atoms with Gasteiger partial charge in [0.1, 0.15) is 6.04 Å². The Balaban J connectivity index is 4.06. The van der Waals surface area contributed by atoms with Gasteiger partial charge in [-0.05, 0) is 5.41 Å². The molecule has 0 spiro atoms. The maximum absolute atomic E-state index is 11.5. The number of aliphatic carboxylic acids is 1. The maximum Gasteiger partial charge on any atom is 0.326 e. The summed E-state index contributed by atoms with van der Waals surface area (Å²) in [5, 5.41) is 14.1. The summed E-state index contributed by atoms with van der Waals surface area (Å²) in [6.45, 7) is 5.73. The van der Waals surface area contributed by atoms with Crippen molar-refractivity contribution in [3.63, 3.8) is 0 Å². The Bertz CT molecular complexity index is 331. The number of carbonyl (C=O) groups is 2. The highest BCUT2D eigenvalue weighted by Gasteiger charge is 2.32. The van der Waals surface area contributed by atoms with Crippen LogP contribution < -0.4 is 10.6 Å². The number of hydrogen-bond donors (Lipinski definition) is 3. The van der Waals surface area contributed by atoms with Crippen LogP contribution in [0.5, 0.6) is 0 Å². The van der Waals surface area contributed by atoms with Crippen molar-refractivity contribution in [2.45, 2.75) is 26.8 Å². The molecule has 2 amide bonds. The summed E-state index contributed by atoms with van der Waals surface area (Å²) in [5.74, 6) is 2.74. The summed E-state index contributed by atoms with van der Waals surface area (Å²) < 4.78 is 0. The zero-order valence-corrected chi connectivity index (χ0v) is 11.8. The number of carbonyl (C=O) groups excluding carboxylic acids is 1. The van der Waals surface area contributed by atoms with Crippen molar-refractivity contribution in [1.82, 2.24) is 10.6 Å². The minimum Gasteiger partial charge on any atom is -0.480 e. The number of rotatable bonds is 6. The van der Waals surface area contributed by atoms with E-state index in [0.717, 1.165) is 0 Å². The smallest absolute Gasteiger partial charge is 0.326 e. The fraction of sp³-hybridized carbons (Fsp3) is 0.667. The summed E-state index contributed by atoms with van der Waals surface area (Å²) in [6.07, 6.45) is 5.08. The molecule has 0 bridgehead atoms. The van der Waals surface area contributed by atoms with Crippen LogP contribution in [0.4, 0.5) is 4.79 Å². The van der Waals surface area contributed by atoms with Gasteiger partial charge in [0.05, 0.1) is 5.75 Å². The van der Waals surface area contributed by atoms with Crippen LogP contribution in [-0.4, -0.2) is 41.2 Å². The van der Waals surface area contributed by atoms with E-state index in [1.54, 1.807) is 20.8 Å². The summed E-state index contributed by atoms with van der Waals surface area (Å²) in [7, 11) is 0. The van der Waals surface area contributed by atoms with Gasteiger partial charge in [0.15, 0.2) is 0 Å². The van der Waals surface area contributed by atoms with Gasteiger partial charge in [-0.3, -0.25) is 0 Å². The summed E-state index contributed by atoms with van der Waals surface area (Å²) in [4.78, 5) is 22.5. The Kier molecular flexibility index (Phi) is 7.29. The zero-order chi connectivity index (χ0) is 14.2. The quantitative estimate of drug-likeness (QED) is 0.501. The van der Waals surface area contributed by atoms with Gasteiger partial charge in [0.2, 0.25) is 0 Å². The van der Waals surface area contributed by atoms with Gasteiger partial charge in [-0.25, -0.2) is 9.59 Å². The molecule has 5 nitrogen and oxygen atoms in total. The average Bonchev–Trinajstić information content (AvgIpc) is 2.23. The van der Waals surface area contributed by atoms with Crippen molar-refractivity contribution < 1.29 is 14.7 Å². The van der Waals surface area contributed by atoms with Crippen molar-refractivity contribution in [2.24, 2.45) is 5.41 Å². The molecule has 0 aliphatic rings. The van der Waals surface area contributed by atoms with E-state index in [-0.39, 0.29) is 0 Å². The first kappa shape index (κ1) is 16.6. The average molecular weight is 272 g/mol. The molecule has 1 atom stereocenters. The van der Waals surface area contributed by atoms with Gasteiger partial charge >= 0.3 is 12.0 Å². The number of carboxylic acids is 1. The Morgan fingerprint density at radius 3 is 2.50 bits per heavy atom. The number of thioether (sulfide) groups is 1. The van der Waals surface area contributed by atoms with Gasteiger partial charge in [-0.2, -0.15) is 0 Å². The highest BCUT2D eigenvalue weighted by Crippen LogP contribution is 2.19. The summed E-state index contributed by atoms with van der Waals surface area (Å²) in [6, 6.07) is -1.39. The predicted octanol–water partition coefficient (Wildman–Crippen LogP) is 1.15. The van der Waals surface area contributed by atoms with Crippen LogP contribution >= 0.6 is 11.8 Å². The SMILES string of the molecule is C#CCSCCNC(=O)N[C@@H](C(=O)O)C(C)(C)C. The Labute approximate surface area is 112 Å². The number of amides is 2. The molecule has 0 unspecified atom stereocenters. The molecular weight excluding hydrogens is 252 g/mol. The van der Waals surface area contributed by atoms with Crippen molar-refractivity contribution in [3.8, 4) is 12.3 Å². The van der Waals surface area contributed by atoms with Crippen molar-refractivity contribution in [2.75, 3.05) is 18.1 Å². The lowest BCUT2D eigenvalue weighted by Crippen LogP contribution is -2.52. The molecule has 3 N–H and O–H groups in total. The number of carboxylic acid groups (broad SMARTS) is 1. The van der Waals surface area contributed by atoms with Crippen molar-refractivity contribution >= 4 is 23.8 Å². The molecule has 102 valence electrons. The van der Waals surface area contributed by atoms with E-state index in [0.29, 0.717) is 18.1 Å². The van der Waals surface area contributed by atoms with E-state index < -0.39 is 23.5 Å². The second-order valence-corrected chi connectivity index (χ2v) is 5.90. The molecular formula is C12H20N2O3S. The third-order valence-electron chi connectivity index (χ3n) is 2.11. The van der Waals surface area contributed by atoms with Crippen molar-refractivity contribution in [1.29, 1.82) is 0 Å². The Hall–Kier alpha value is -1.35. The predicted molar refractivity (Wildman–Crippen MR) is 73.6 cm³/mol. The van der Waals surface area contributed by atoms with Gasteiger partial charge in [-0.1, -0.05) is 26.7 Å². The Morgan fingerprint density at radius 2 is 2.06 bits per heavy atom. The highest BCUT2D eigenvalue weighted by atomic mass is 32.2. The lowest BCUT2D eigenvalue weighted by molar-refractivity contribution is -0.141. The lowest BCUT2D eigenvalue weighted by atomic mass is 9.87. The molecule has 0 fully saturated rings. The standard InChI is InChI=1S/C12H20N2O3S/c1-5-7-18-8-6-13-11(17)14-9(10(15)16)12(2,3)4/h1,9H,6-8H2,2-4H3,(H,15,16)(H2,13,14,17)/t9-/m0/s1. The first-order valence-electron chi connectivity index (χ1n) is 5.57. The lowest BCUT2D eigenvalue weighted by Gasteiger charge is -2.27. The first-order chi connectivity index (χ1) is 8.29. The van der Waals surface area contributed by atoms with Gasteiger partial charge in [0.25, 0.3) is 0 Å². The largest absolute Gasteiger partial charge is 0.480 e. The molecule has 0 aromatic carbocycles. The van der Waals surface area contributed by atoms with E-state index in [1.165, 1.54) is 11.8 Å². The van der Waals surface area contributed by atoms with Crippen LogP contribution in [-0.2, 0) is 4.79 Å². The highest BCUT2D eigenvalue weighted by molar-refractivity contribution is 7.99. The van der Waals surface area contributed by atoms with Gasteiger partial charge < -0.3 is 15.7 Å². The normalized spacial score (nSPS) is 12.3. The topological polar surface area (TPSA) is 78.4 Å². The number of nitrogens with one attached hydrogen (secondary N) is 2. The first-order valence-corrected chi connectivity index (χ1v) is 6.73. The fourth-order valence-corrected chi connectivity index (χ4v) is 1.71. The van der Waals surface area contributed by atoms with E-state index in [1.807, 2.05) is 0 Å². The summed E-state index contributed by atoms with van der Waals surface area (Å²) in [5.41, 5.74) is -0.540. The minimum absolute atomic E-state index is 0.453. The van der Waals surface area contributed by atoms with E-state index >= 15 is 0 Å². The van der Waals surface area contributed by atoms with E-state index in [9.17, 15) is 9.59 Å². The van der Waals surface area contributed by atoms with Crippen LogP contribution in [0.15, 0.2) is 0 Å². The molecule has 0 aliphatic heterocycles. The van der Waals surface area contributed by atoms with E-state index in [4.69, 9.17) is 11.5 Å². The number of terminal acetylenes is 1. The van der Waals surface area contributed by atoms with Crippen LogP contribution in [0.1, 0.15) is 20.8 Å². The molecule has 0 aromatic rings. The molecule has 18 heavy (non-hydrogen) atoms. The maximum atomic E-state index is 11.5. The second-order valence-electron chi connectivity index (χ2n) is 4.79. The van der Waals surface area contributed by atoms with Gasteiger partial charge in [0, 0.05) is 12.3 Å². The second kappa shape index (κ2) is 7.88. The summed E-state index contributed by atoms with van der Waals surface area (Å²) >= 11 is 1.53. The van der Waals surface area contributed by atoms with Crippen LogP contribution in [0, 0.1) is 17.8 Å². The van der Waals surface area contributed by atoms with Crippen molar-refractivity contribution in [3.05, 3.63) is 0 Å². The molecule has 0 aliphatic carbocycles. The van der Waals surface area contributed by atoms with Crippen LogP contribution in [0.3, 0.4) is 0 Å². The molecule has 0 saturated heterocycles. The Morgan fingerprint density at radius 1 is 1.44 bits per heavy atom. The molecule has 0 heterocycles. The monoisotopic (exact) mass is 272 g/mol. The van der Waals surface area contributed by atoms with Gasteiger partial charge in [-0.15, -0.1) is 18.2 Å². The van der Waals surface area contributed by atoms with E-state index in [2.05, 4.69) is 16.6 Å². The molecule has 0 aromatic heterocycles. The number of hydrogen-bond acceptors (Lipinski definition) is 3. The number of urea groups is 1. The third kappa shape index (κ3) is 7.07. The van der Waals surface area contributed by atoms with Crippen LogP contribution in [0.2, 0.25) is 0 Å².